The summed E-state index contributed by atoms with van der Waals surface area (Å²) in [6.45, 7) is 2.79. The molecule has 0 aromatic carbocycles. The maximum Gasteiger partial charge on any atom is 0.160 e. The first-order chi connectivity index (χ1) is 10.2. The maximum absolute atomic E-state index is 5.91. The van der Waals surface area contributed by atoms with Crippen LogP contribution in [-0.4, -0.2) is 25.4 Å². The molecule has 3 heterocycles. The Morgan fingerprint density at radius 2 is 2.19 bits per heavy atom. The fourth-order valence-electron chi connectivity index (χ4n) is 2.31. The molecule has 0 unspecified atom stereocenters. The average Bonchev–Trinajstić information content (AvgIpc) is 2.79. The Bertz CT molecular complexity index is 784. The first-order valence-electron chi connectivity index (χ1n) is 6.65. The van der Waals surface area contributed by atoms with Crippen molar-refractivity contribution in [1.82, 2.24) is 19.5 Å². The third-order valence-electron chi connectivity index (χ3n) is 3.42. The number of imidazole rings is 1. The summed E-state index contributed by atoms with van der Waals surface area (Å²) in [5.41, 5.74) is 4.13. The van der Waals surface area contributed by atoms with Crippen LogP contribution in [0.1, 0.15) is 17.0 Å². The Balaban J connectivity index is 2.11. The van der Waals surface area contributed by atoms with Gasteiger partial charge in [0.05, 0.1) is 6.54 Å². The number of aryl methyl sites for hydroxylation is 2. The highest BCUT2D eigenvalue weighted by Gasteiger charge is 2.13. The Hall–Kier alpha value is -1.46. The molecule has 0 fully saturated rings. The molecule has 0 aliphatic carbocycles. The molecule has 0 atom stereocenters. The molecule has 3 rings (SSSR count). The van der Waals surface area contributed by atoms with Gasteiger partial charge in [-0.1, -0.05) is 0 Å². The molecule has 0 N–H and O–H groups in total. The van der Waals surface area contributed by atoms with E-state index in [0.717, 1.165) is 33.4 Å². The second-order valence-corrected chi connectivity index (χ2v) is 6.15. The monoisotopic (exact) mass is 364 g/mol. The van der Waals surface area contributed by atoms with Gasteiger partial charge in [0.2, 0.25) is 0 Å². The summed E-state index contributed by atoms with van der Waals surface area (Å²) in [5.74, 6) is 1.49. The molecule has 0 spiro atoms. The van der Waals surface area contributed by atoms with Gasteiger partial charge in [-0.2, -0.15) is 0 Å². The lowest BCUT2D eigenvalue weighted by molar-refractivity contribution is 0.741. The first-order valence-corrected chi connectivity index (χ1v) is 7.98. The molecule has 0 bridgehead atoms. The minimum Gasteiger partial charge on any atom is -0.308 e. The predicted molar refractivity (Wildman–Crippen MR) is 87.7 cm³/mol. The Labute approximate surface area is 136 Å². The third-order valence-corrected chi connectivity index (χ3v) is 4.05. The van der Waals surface area contributed by atoms with Gasteiger partial charge in [-0.15, -0.1) is 11.6 Å². The molecule has 0 saturated heterocycles. The molecule has 0 saturated carbocycles. The van der Waals surface area contributed by atoms with Gasteiger partial charge in [-0.25, -0.2) is 9.97 Å². The fourth-order valence-corrected chi connectivity index (χ4v) is 2.80. The Morgan fingerprint density at radius 3 is 2.95 bits per heavy atom. The van der Waals surface area contributed by atoms with Crippen molar-refractivity contribution in [2.24, 2.45) is 0 Å². The highest BCUT2D eigenvalue weighted by molar-refractivity contribution is 9.10. The summed E-state index contributed by atoms with van der Waals surface area (Å²) in [6.07, 6.45) is 6.21. The van der Waals surface area contributed by atoms with Gasteiger partial charge in [0.1, 0.15) is 11.3 Å². The topological polar surface area (TPSA) is 43.6 Å². The molecular formula is C15H14BrClN4. The van der Waals surface area contributed by atoms with E-state index in [1.54, 1.807) is 12.4 Å². The van der Waals surface area contributed by atoms with Crippen LogP contribution in [0.4, 0.5) is 0 Å². The van der Waals surface area contributed by atoms with Crippen LogP contribution in [0, 0.1) is 6.92 Å². The molecule has 0 aliphatic rings. The lowest BCUT2D eigenvalue weighted by atomic mass is 10.1. The van der Waals surface area contributed by atoms with E-state index in [1.807, 2.05) is 18.3 Å². The predicted octanol–water partition coefficient (Wildman–Crippen LogP) is 3.73. The number of hydrogen-bond acceptors (Lipinski definition) is 3. The maximum atomic E-state index is 5.91. The van der Waals surface area contributed by atoms with Crippen LogP contribution in [0.15, 0.2) is 35.2 Å². The van der Waals surface area contributed by atoms with Gasteiger partial charge in [0.25, 0.3) is 0 Å². The molecule has 3 aromatic rings. The third kappa shape index (κ3) is 2.94. The molecule has 6 heteroatoms. The van der Waals surface area contributed by atoms with E-state index in [1.165, 1.54) is 5.56 Å². The summed E-state index contributed by atoms with van der Waals surface area (Å²) in [5, 5.41) is 0. The number of alkyl halides is 1. The van der Waals surface area contributed by atoms with E-state index in [4.69, 9.17) is 11.6 Å². The van der Waals surface area contributed by atoms with Gasteiger partial charge in [-0.05, 0) is 46.1 Å². The molecule has 0 aliphatic heterocycles. The highest BCUT2D eigenvalue weighted by atomic mass is 79.9. The zero-order chi connectivity index (χ0) is 14.8. The van der Waals surface area contributed by atoms with Crippen molar-refractivity contribution < 1.29 is 0 Å². The lowest BCUT2D eigenvalue weighted by Crippen LogP contribution is -2.08. The number of fused-ring (bicyclic) bond motifs is 1. The van der Waals surface area contributed by atoms with Gasteiger partial charge in [-0.3, -0.25) is 4.98 Å². The molecule has 3 aromatic heterocycles. The Kier molecular flexibility index (Phi) is 4.22. The fraction of sp³-hybridized carbons (Fsp3) is 0.267. The smallest absolute Gasteiger partial charge is 0.160 e. The zero-order valence-electron chi connectivity index (χ0n) is 11.6. The van der Waals surface area contributed by atoms with E-state index in [9.17, 15) is 0 Å². The molecular weight excluding hydrogens is 352 g/mol. The number of halogens is 2. The van der Waals surface area contributed by atoms with Crippen LogP contribution in [0.5, 0.6) is 0 Å². The van der Waals surface area contributed by atoms with Crippen molar-refractivity contribution in [2.45, 2.75) is 19.9 Å². The minimum absolute atomic E-state index is 0.538. The Morgan fingerprint density at radius 1 is 1.33 bits per heavy atom. The van der Waals surface area contributed by atoms with Crippen molar-refractivity contribution in [2.75, 3.05) is 5.88 Å². The van der Waals surface area contributed by atoms with E-state index in [0.29, 0.717) is 12.4 Å². The number of aromatic nitrogens is 4. The number of pyridine rings is 2. The van der Waals surface area contributed by atoms with Crippen LogP contribution in [0.3, 0.4) is 0 Å². The zero-order valence-corrected chi connectivity index (χ0v) is 13.9. The number of hydrogen-bond donors (Lipinski definition) is 0. The second kappa shape index (κ2) is 6.12. The highest BCUT2D eigenvalue weighted by Crippen LogP contribution is 2.21. The van der Waals surface area contributed by atoms with Gasteiger partial charge >= 0.3 is 0 Å². The van der Waals surface area contributed by atoms with Crippen LogP contribution < -0.4 is 0 Å². The summed E-state index contributed by atoms with van der Waals surface area (Å²) in [7, 11) is 0. The first kappa shape index (κ1) is 14.5. The SMILES string of the molecule is Cc1ccncc1Cn1c(CCCl)nc2cc(Br)cnc21. The van der Waals surface area contributed by atoms with Gasteiger partial charge in [0, 0.05) is 35.4 Å². The molecule has 0 amide bonds. The lowest BCUT2D eigenvalue weighted by Gasteiger charge is -2.10. The van der Waals surface area contributed by atoms with Crippen molar-refractivity contribution in [3.05, 3.63) is 52.1 Å². The summed E-state index contributed by atoms with van der Waals surface area (Å²) in [4.78, 5) is 13.4. The van der Waals surface area contributed by atoms with Crippen molar-refractivity contribution in [3.8, 4) is 0 Å². The van der Waals surface area contributed by atoms with Crippen LogP contribution >= 0.6 is 27.5 Å². The molecule has 4 nitrogen and oxygen atoms in total. The van der Waals surface area contributed by atoms with Crippen LogP contribution in [0.25, 0.3) is 11.2 Å². The summed E-state index contributed by atoms with van der Waals surface area (Å²) in [6, 6.07) is 3.99. The van der Waals surface area contributed by atoms with Crippen molar-refractivity contribution in [3.63, 3.8) is 0 Å². The molecule has 21 heavy (non-hydrogen) atoms. The number of nitrogens with zero attached hydrogens (tertiary/aromatic N) is 4. The van der Waals surface area contributed by atoms with Crippen molar-refractivity contribution >= 4 is 38.7 Å². The molecule has 0 radical (unpaired) electrons. The average molecular weight is 366 g/mol. The van der Waals surface area contributed by atoms with Crippen LogP contribution in [0.2, 0.25) is 0 Å². The van der Waals surface area contributed by atoms with E-state index >= 15 is 0 Å². The standard InChI is InChI=1S/C15H14BrClN4/c1-10-3-5-18-7-11(10)9-21-14(2-4-17)20-13-6-12(16)8-19-15(13)21/h3,5-8H,2,4,9H2,1H3. The van der Waals surface area contributed by atoms with Crippen molar-refractivity contribution in [1.29, 1.82) is 0 Å². The van der Waals surface area contributed by atoms with E-state index in [2.05, 4.69) is 42.4 Å². The number of rotatable bonds is 4. The van der Waals surface area contributed by atoms with Crippen LogP contribution in [-0.2, 0) is 13.0 Å². The normalized spacial score (nSPS) is 11.2. The van der Waals surface area contributed by atoms with Gasteiger partial charge in [0.15, 0.2) is 5.65 Å². The van der Waals surface area contributed by atoms with E-state index in [-0.39, 0.29) is 0 Å². The quantitative estimate of drug-likeness (QED) is 0.662. The largest absolute Gasteiger partial charge is 0.308 e. The molecule has 108 valence electrons. The summed E-state index contributed by atoms with van der Waals surface area (Å²) >= 11 is 9.34. The summed E-state index contributed by atoms with van der Waals surface area (Å²) < 4.78 is 3.04. The van der Waals surface area contributed by atoms with Gasteiger partial charge < -0.3 is 4.57 Å². The van der Waals surface area contributed by atoms with E-state index < -0.39 is 0 Å². The second-order valence-electron chi connectivity index (χ2n) is 4.85. The minimum atomic E-state index is 0.538.